The molecule has 0 aromatic heterocycles. The molecule has 0 spiro atoms. The number of nitrogens with two attached hydrogens (primary N) is 1. The first-order valence-electron chi connectivity index (χ1n) is 5.34. The highest BCUT2D eigenvalue weighted by Gasteiger charge is 2.11. The van der Waals surface area contributed by atoms with Crippen molar-refractivity contribution < 1.29 is 0 Å². The van der Waals surface area contributed by atoms with Gasteiger partial charge in [0.15, 0.2) is 0 Å². The zero-order valence-electron chi connectivity index (χ0n) is 8.02. The van der Waals surface area contributed by atoms with E-state index in [9.17, 15) is 0 Å². The summed E-state index contributed by atoms with van der Waals surface area (Å²) in [6.07, 6.45) is 10.1. The third-order valence-electron chi connectivity index (χ3n) is 2.84. The molecule has 1 aliphatic rings. The van der Waals surface area contributed by atoms with Crippen LogP contribution in [0.1, 0.15) is 44.9 Å². The predicted molar refractivity (Wildman–Crippen MR) is 52.9 cm³/mol. The minimum Gasteiger partial charge on any atom is -0.318 e. The second-order valence-electron chi connectivity index (χ2n) is 3.85. The number of hydrogen-bond donors (Lipinski definition) is 2. The Hall–Kier alpha value is -0.0800. The number of nitrogens with one attached hydrogen (secondary N) is 1. The first kappa shape index (κ1) is 10.0. The van der Waals surface area contributed by atoms with Crippen LogP contribution in [0.5, 0.6) is 0 Å². The van der Waals surface area contributed by atoms with E-state index in [1.54, 1.807) is 0 Å². The van der Waals surface area contributed by atoms with Crippen molar-refractivity contribution in [3.05, 3.63) is 0 Å². The Bertz CT molecular complexity index is 98.0. The molecular formula is C10H22N2. The van der Waals surface area contributed by atoms with Crippen molar-refractivity contribution in [2.45, 2.75) is 44.9 Å². The van der Waals surface area contributed by atoms with Crippen LogP contribution in [0.4, 0.5) is 0 Å². The molecule has 0 aromatic carbocycles. The van der Waals surface area contributed by atoms with Crippen LogP contribution in [0.3, 0.4) is 0 Å². The van der Waals surface area contributed by atoms with Gasteiger partial charge in [-0.15, -0.1) is 0 Å². The molecule has 0 heterocycles. The molecule has 2 heteroatoms. The average Bonchev–Trinajstić information content (AvgIpc) is 2.14. The van der Waals surface area contributed by atoms with Gasteiger partial charge in [-0.1, -0.05) is 32.1 Å². The maximum atomic E-state index is 5.34. The van der Waals surface area contributed by atoms with Crippen molar-refractivity contribution >= 4 is 0 Å². The van der Waals surface area contributed by atoms with E-state index in [0.717, 1.165) is 12.5 Å². The van der Waals surface area contributed by atoms with Gasteiger partial charge in [-0.25, -0.2) is 0 Å². The molecule has 1 rings (SSSR count). The zero-order valence-corrected chi connectivity index (χ0v) is 8.02. The second-order valence-corrected chi connectivity index (χ2v) is 3.85. The molecule has 12 heavy (non-hydrogen) atoms. The van der Waals surface area contributed by atoms with E-state index in [0.29, 0.717) is 6.67 Å². The van der Waals surface area contributed by atoms with E-state index in [-0.39, 0.29) is 0 Å². The molecule has 0 amide bonds. The van der Waals surface area contributed by atoms with Crippen LogP contribution < -0.4 is 11.1 Å². The van der Waals surface area contributed by atoms with Gasteiger partial charge < -0.3 is 11.1 Å². The van der Waals surface area contributed by atoms with E-state index in [1.807, 2.05) is 0 Å². The van der Waals surface area contributed by atoms with Crippen molar-refractivity contribution in [2.24, 2.45) is 11.7 Å². The van der Waals surface area contributed by atoms with Gasteiger partial charge in [-0.3, -0.25) is 0 Å². The Balaban J connectivity index is 1.91. The molecule has 0 bridgehead atoms. The zero-order chi connectivity index (χ0) is 8.65. The fraction of sp³-hybridized carbons (Fsp3) is 1.00. The van der Waals surface area contributed by atoms with Crippen molar-refractivity contribution in [2.75, 3.05) is 13.2 Å². The molecule has 0 aliphatic heterocycles. The summed E-state index contributed by atoms with van der Waals surface area (Å²) in [4.78, 5) is 0. The summed E-state index contributed by atoms with van der Waals surface area (Å²) in [6, 6.07) is 0. The Labute approximate surface area is 75.9 Å². The van der Waals surface area contributed by atoms with Crippen LogP contribution in [0.15, 0.2) is 0 Å². The standard InChI is InChI=1S/C10H22N2/c11-9-12-8-4-7-10-5-2-1-3-6-10/h10,12H,1-9,11H2. The lowest BCUT2D eigenvalue weighted by Gasteiger charge is -2.21. The Kier molecular flexibility index (Phi) is 5.37. The minimum atomic E-state index is 0.630. The molecule has 2 nitrogen and oxygen atoms in total. The van der Waals surface area contributed by atoms with Gasteiger partial charge in [0.1, 0.15) is 0 Å². The summed E-state index contributed by atoms with van der Waals surface area (Å²) >= 11 is 0. The van der Waals surface area contributed by atoms with Crippen LogP contribution in [0.2, 0.25) is 0 Å². The van der Waals surface area contributed by atoms with Crippen LogP contribution in [0.25, 0.3) is 0 Å². The normalized spacial score (nSPS) is 19.8. The van der Waals surface area contributed by atoms with Crippen molar-refractivity contribution in [3.63, 3.8) is 0 Å². The quantitative estimate of drug-likeness (QED) is 0.488. The monoisotopic (exact) mass is 170 g/mol. The van der Waals surface area contributed by atoms with Crippen LogP contribution in [-0.4, -0.2) is 13.2 Å². The smallest absolute Gasteiger partial charge is 0.0428 e. The maximum absolute atomic E-state index is 5.34. The highest BCUT2D eigenvalue weighted by molar-refractivity contribution is 4.65. The van der Waals surface area contributed by atoms with Crippen LogP contribution in [0, 0.1) is 5.92 Å². The molecule has 3 N–H and O–H groups in total. The maximum Gasteiger partial charge on any atom is 0.0428 e. The molecule has 1 aliphatic carbocycles. The topological polar surface area (TPSA) is 38.0 Å². The van der Waals surface area contributed by atoms with E-state index < -0.39 is 0 Å². The molecule has 1 saturated carbocycles. The Morgan fingerprint density at radius 3 is 2.58 bits per heavy atom. The molecule has 0 atom stereocenters. The molecule has 0 saturated heterocycles. The Morgan fingerprint density at radius 2 is 1.92 bits per heavy atom. The highest BCUT2D eigenvalue weighted by Crippen LogP contribution is 2.26. The molecule has 1 fully saturated rings. The van der Waals surface area contributed by atoms with Gasteiger partial charge in [0, 0.05) is 6.67 Å². The first-order chi connectivity index (χ1) is 5.93. The van der Waals surface area contributed by atoms with E-state index in [1.165, 1.54) is 44.9 Å². The van der Waals surface area contributed by atoms with E-state index >= 15 is 0 Å². The molecule has 72 valence electrons. The SMILES string of the molecule is NCNCCCC1CCCCC1. The fourth-order valence-electron chi connectivity index (χ4n) is 2.09. The van der Waals surface area contributed by atoms with Gasteiger partial charge in [0.2, 0.25) is 0 Å². The molecule has 0 aromatic rings. The minimum absolute atomic E-state index is 0.630. The third kappa shape index (κ3) is 4.07. The lowest BCUT2D eigenvalue weighted by atomic mass is 9.86. The molecule has 0 unspecified atom stereocenters. The predicted octanol–water partition coefficient (Wildman–Crippen LogP) is 1.85. The number of hydrogen-bond acceptors (Lipinski definition) is 2. The van der Waals surface area contributed by atoms with Crippen molar-refractivity contribution in [1.82, 2.24) is 5.32 Å². The average molecular weight is 170 g/mol. The van der Waals surface area contributed by atoms with Crippen molar-refractivity contribution in [1.29, 1.82) is 0 Å². The summed E-state index contributed by atoms with van der Waals surface area (Å²) in [5.74, 6) is 1.03. The summed E-state index contributed by atoms with van der Waals surface area (Å²) in [7, 11) is 0. The lowest BCUT2D eigenvalue weighted by molar-refractivity contribution is 0.330. The highest BCUT2D eigenvalue weighted by atomic mass is 14.9. The van der Waals surface area contributed by atoms with Crippen molar-refractivity contribution in [3.8, 4) is 0 Å². The summed E-state index contributed by atoms with van der Waals surface area (Å²) in [5, 5.41) is 3.17. The second kappa shape index (κ2) is 6.44. The number of rotatable bonds is 5. The van der Waals surface area contributed by atoms with E-state index in [2.05, 4.69) is 5.32 Å². The Morgan fingerprint density at radius 1 is 1.17 bits per heavy atom. The molecular weight excluding hydrogens is 148 g/mol. The van der Waals surface area contributed by atoms with Crippen LogP contribution in [-0.2, 0) is 0 Å². The van der Waals surface area contributed by atoms with E-state index in [4.69, 9.17) is 5.73 Å². The van der Waals surface area contributed by atoms with Gasteiger partial charge >= 0.3 is 0 Å². The summed E-state index contributed by atoms with van der Waals surface area (Å²) in [5.41, 5.74) is 5.34. The largest absolute Gasteiger partial charge is 0.318 e. The van der Waals surface area contributed by atoms with Gasteiger partial charge in [0.05, 0.1) is 0 Å². The summed E-state index contributed by atoms with van der Waals surface area (Å²) < 4.78 is 0. The van der Waals surface area contributed by atoms with Gasteiger partial charge in [0.25, 0.3) is 0 Å². The lowest BCUT2D eigenvalue weighted by Crippen LogP contribution is -2.23. The van der Waals surface area contributed by atoms with Gasteiger partial charge in [-0.2, -0.15) is 0 Å². The van der Waals surface area contributed by atoms with Gasteiger partial charge in [-0.05, 0) is 25.3 Å². The fourth-order valence-corrected chi connectivity index (χ4v) is 2.09. The summed E-state index contributed by atoms with van der Waals surface area (Å²) in [6.45, 7) is 1.73. The first-order valence-corrected chi connectivity index (χ1v) is 5.34. The molecule has 0 radical (unpaired) electrons. The third-order valence-corrected chi connectivity index (χ3v) is 2.84. The van der Waals surface area contributed by atoms with Crippen LogP contribution >= 0.6 is 0 Å².